The van der Waals surface area contributed by atoms with Crippen LogP contribution in [0.15, 0.2) is 30.3 Å². The van der Waals surface area contributed by atoms with Gasteiger partial charge in [-0.2, -0.15) is 0 Å². The summed E-state index contributed by atoms with van der Waals surface area (Å²) in [6, 6.07) is 10.4. The van der Waals surface area contributed by atoms with E-state index in [0.29, 0.717) is 12.1 Å². The summed E-state index contributed by atoms with van der Waals surface area (Å²) in [7, 11) is 0. The van der Waals surface area contributed by atoms with Crippen molar-refractivity contribution in [2.24, 2.45) is 5.73 Å². The molecule has 1 aliphatic carbocycles. The number of rotatable bonds is 2. The van der Waals surface area contributed by atoms with Gasteiger partial charge in [0.1, 0.15) is 5.75 Å². The molecule has 1 fully saturated rings. The first kappa shape index (κ1) is 9.53. The molecule has 76 valence electrons. The van der Waals surface area contributed by atoms with Gasteiger partial charge in [0, 0.05) is 6.04 Å². The summed E-state index contributed by atoms with van der Waals surface area (Å²) in [6.45, 7) is 0. The predicted molar refractivity (Wildman–Crippen MR) is 57.3 cm³/mol. The van der Waals surface area contributed by atoms with Crippen molar-refractivity contribution in [3.63, 3.8) is 0 Å². The molecule has 0 heterocycles. The fraction of sp³-hybridized carbons (Fsp3) is 0.500. The molecule has 1 aliphatic rings. The maximum Gasteiger partial charge on any atom is 0.119 e. The van der Waals surface area contributed by atoms with Crippen LogP contribution in [0.4, 0.5) is 0 Å². The van der Waals surface area contributed by atoms with Gasteiger partial charge >= 0.3 is 0 Å². The molecule has 0 amide bonds. The fourth-order valence-corrected chi connectivity index (χ4v) is 1.90. The summed E-state index contributed by atoms with van der Waals surface area (Å²) < 4.78 is 5.85. The third kappa shape index (κ3) is 2.48. The maximum absolute atomic E-state index is 5.85. The Bertz CT molecular complexity index is 265. The summed E-state index contributed by atoms with van der Waals surface area (Å²) in [5.74, 6) is 0.980. The Morgan fingerprint density at radius 3 is 2.29 bits per heavy atom. The lowest BCUT2D eigenvalue weighted by Crippen LogP contribution is -2.31. The Morgan fingerprint density at radius 1 is 1.00 bits per heavy atom. The van der Waals surface area contributed by atoms with Crippen molar-refractivity contribution in [2.75, 3.05) is 0 Å². The fourth-order valence-electron chi connectivity index (χ4n) is 1.90. The van der Waals surface area contributed by atoms with E-state index in [4.69, 9.17) is 10.5 Å². The molecule has 2 N–H and O–H groups in total. The molecule has 0 radical (unpaired) electrons. The van der Waals surface area contributed by atoms with Crippen molar-refractivity contribution >= 4 is 0 Å². The molecule has 1 saturated carbocycles. The van der Waals surface area contributed by atoms with Crippen LogP contribution in [0.2, 0.25) is 0 Å². The maximum atomic E-state index is 5.85. The van der Waals surface area contributed by atoms with Crippen LogP contribution < -0.4 is 10.5 Å². The van der Waals surface area contributed by atoms with Gasteiger partial charge in [-0.25, -0.2) is 0 Å². The van der Waals surface area contributed by atoms with Crippen molar-refractivity contribution in [1.29, 1.82) is 0 Å². The molecule has 0 saturated heterocycles. The first-order chi connectivity index (χ1) is 6.84. The monoisotopic (exact) mass is 191 g/mol. The number of ether oxygens (including phenoxy) is 1. The lowest BCUT2D eigenvalue weighted by molar-refractivity contribution is 0.147. The Hall–Kier alpha value is -1.02. The predicted octanol–water partition coefficient (Wildman–Crippen LogP) is 2.34. The minimum atomic E-state index is 0.372. The van der Waals surface area contributed by atoms with Crippen LogP contribution in [0.3, 0.4) is 0 Å². The molecule has 2 nitrogen and oxygen atoms in total. The quantitative estimate of drug-likeness (QED) is 0.778. The van der Waals surface area contributed by atoms with Crippen LogP contribution in [0.5, 0.6) is 5.75 Å². The first-order valence-electron chi connectivity index (χ1n) is 5.32. The van der Waals surface area contributed by atoms with Gasteiger partial charge in [0.2, 0.25) is 0 Å². The molecule has 0 atom stereocenters. The van der Waals surface area contributed by atoms with Crippen LogP contribution >= 0.6 is 0 Å². The summed E-state index contributed by atoms with van der Waals surface area (Å²) in [6.07, 6.45) is 4.75. The highest BCUT2D eigenvalue weighted by Crippen LogP contribution is 2.22. The average Bonchev–Trinajstić information content (AvgIpc) is 2.23. The topological polar surface area (TPSA) is 35.2 Å². The minimum absolute atomic E-state index is 0.372. The van der Waals surface area contributed by atoms with Gasteiger partial charge in [-0.15, -0.1) is 0 Å². The Morgan fingerprint density at radius 2 is 1.64 bits per heavy atom. The van der Waals surface area contributed by atoms with Gasteiger partial charge in [0.05, 0.1) is 6.10 Å². The average molecular weight is 191 g/mol. The molecular formula is C12H17NO. The van der Waals surface area contributed by atoms with Crippen LogP contribution in [-0.4, -0.2) is 12.1 Å². The molecule has 14 heavy (non-hydrogen) atoms. The smallest absolute Gasteiger partial charge is 0.119 e. The van der Waals surface area contributed by atoms with Crippen LogP contribution in [0.25, 0.3) is 0 Å². The van der Waals surface area contributed by atoms with E-state index in [0.717, 1.165) is 31.4 Å². The molecule has 1 aromatic carbocycles. The van der Waals surface area contributed by atoms with Crippen LogP contribution in [0.1, 0.15) is 25.7 Å². The van der Waals surface area contributed by atoms with E-state index < -0.39 is 0 Å². The molecule has 2 rings (SSSR count). The number of hydrogen-bond acceptors (Lipinski definition) is 2. The van der Waals surface area contributed by atoms with Crippen molar-refractivity contribution in [3.05, 3.63) is 30.3 Å². The zero-order valence-corrected chi connectivity index (χ0v) is 8.36. The lowest BCUT2D eigenvalue weighted by atomic mass is 9.94. The van der Waals surface area contributed by atoms with E-state index in [1.165, 1.54) is 0 Å². The molecule has 0 bridgehead atoms. The lowest BCUT2D eigenvalue weighted by Gasteiger charge is -2.26. The second kappa shape index (κ2) is 4.47. The standard InChI is InChI=1S/C12H17NO/c13-10-6-8-12(9-7-10)14-11-4-2-1-3-5-11/h1-5,10,12H,6-9,13H2/t10-,12-. The number of para-hydroxylation sites is 1. The molecule has 0 aliphatic heterocycles. The number of nitrogens with two attached hydrogens (primary N) is 1. The van der Waals surface area contributed by atoms with Gasteiger partial charge in [0.15, 0.2) is 0 Å². The van der Waals surface area contributed by atoms with Crippen molar-refractivity contribution in [2.45, 2.75) is 37.8 Å². The third-order valence-corrected chi connectivity index (χ3v) is 2.76. The molecule has 1 aromatic rings. The third-order valence-electron chi connectivity index (χ3n) is 2.76. The molecule has 0 aromatic heterocycles. The zero-order chi connectivity index (χ0) is 9.80. The Balaban J connectivity index is 1.87. The summed E-state index contributed by atoms with van der Waals surface area (Å²) in [5, 5.41) is 0. The van der Waals surface area contributed by atoms with Gasteiger partial charge in [-0.3, -0.25) is 0 Å². The Labute approximate surface area is 85.1 Å². The van der Waals surface area contributed by atoms with Gasteiger partial charge in [-0.05, 0) is 37.8 Å². The van der Waals surface area contributed by atoms with E-state index in [9.17, 15) is 0 Å². The van der Waals surface area contributed by atoms with Gasteiger partial charge < -0.3 is 10.5 Å². The van der Waals surface area contributed by atoms with E-state index in [1.54, 1.807) is 0 Å². The highest BCUT2D eigenvalue weighted by atomic mass is 16.5. The molecule has 2 heteroatoms. The van der Waals surface area contributed by atoms with Crippen LogP contribution in [-0.2, 0) is 0 Å². The van der Waals surface area contributed by atoms with E-state index in [2.05, 4.69) is 0 Å². The SMILES string of the molecule is N[C@H]1CC[C@H](Oc2ccccc2)CC1. The molecular weight excluding hydrogens is 174 g/mol. The van der Waals surface area contributed by atoms with Crippen molar-refractivity contribution < 1.29 is 4.74 Å². The summed E-state index contributed by atoms with van der Waals surface area (Å²) in [5.41, 5.74) is 5.83. The van der Waals surface area contributed by atoms with Gasteiger partial charge in [0.25, 0.3) is 0 Å². The van der Waals surface area contributed by atoms with E-state index in [1.807, 2.05) is 30.3 Å². The van der Waals surface area contributed by atoms with Crippen molar-refractivity contribution in [1.82, 2.24) is 0 Å². The highest BCUT2D eigenvalue weighted by Gasteiger charge is 2.19. The zero-order valence-electron chi connectivity index (χ0n) is 8.36. The van der Waals surface area contributed by atoms with Crippen molar-refractivity contribution in [3.8, 4) is 5.75 Å². The minimum Gasteiger partial charge on any atom is -0.490 e. The second-order valence-corrected chi connectivity index (χ2v) is 3.97. The second-order valence-electron chi connectivity index (χ2n) is 3.97. The number of benzene rings is 1. The van der Waals surface area contributed by atoms with Gasteiger partial charge in [-0.1, -0.05) is 18.2 Å². The summed E-state index contributed by atoms with van der Waals surface area (Å²) in [4.78, 5) is 0. The normalized spacial score (nSPS) is 27.2. The van der Waals surface area contributed by atoms with E-state index >= 15 is 0 Å². The molecule has 0 unspecified atom stereocenters. The Kier molecular flexibility index (Phi) is 3.04. The molecule has 0 spiro atoms. The van der Waals surface area contributed by atoms with Crippen LogP contribution in [0, 0.1) is 0 Å². The number of hydrogen-bond donors (Lipinski definition) is 1. The highest BCUT2D eigenvalue weighted by molar-refractivity contribution is 5.21. The van der Waals surface area contributed by atoms with E-state index in [-0.39, 0.29) is 0 Å². The first-order valence-corrected chi connectivity index (χ1v) is 5.32. The largest absolute Gasteiger partial charge is 0.490 e. The summed E-state index contributed by atoms with van der Waals surface area (Å²) >= 11 is 0.